The molecule has 0 fully saturated rings. The number of fused-ring (bicyclic) bond motifs is 1. The molecule has 36 heavy (non-hydrogen) atoms. The molecule has 1 amide bonds. The Hall–Kier alpha value is -4.16. The van der Waals surface area contributed by atoms with E-state index in [9.17, 15) is 19.6 Å². The van der Waals surface area contributed by atoms with E-state index in [0.717, 1.165) is 36.1 Å². The minimum Gasteiger partial charge on any atom is -0.465 e. The Balaban J connectivity index is 1.55. The van der Waals surface area contributed by atoms with Gasteiger partial charge in [-0.2, -0.15) is 5.26 Å². The zero-order valence-corrected chi connectivity index (χ0v) is 20.7. The number of methoxy groups -OCH3 is 1. The first-order valence-electron chi connectivity index (χ1n) is 11.5. The number of nitrogens with one attached hydrogen (secondary N) is 1. The Bertz CT molecular complexity index is 1370. The summed E-state index contributed by atoms with van der Waals surface area (Å²) in [6, 6.07) is 11.9. The van der Waals surface area contributed by atoms with Crippen molar-refractivity contribution in [2.24, 2.45) is 0 Å². The van der Waals surface area contributed by atoms with Crippen LogP contribution in [0.25, 0.3) is 17.4 Å². The Morgan fingerprint density at radius 2 is 1.86 bits per heavy atom. The molecule has 2 aromatic heterocycles. The number of anilines is 1. The second-order valence-electron chi connectivity index (χ2n) is 8.03. The van der Waals surface area contributed by atoms with Crippen LogP contribution in [0.1, 0.15) is 56.7 Å². The van der Waals surface area contributed by atoms with E-state index in [2.05, 4.69) is 5.32 Å². The number of esters is 2. The Labute approximate surface area is 212 Å². The molecule has 1 N–H and O–H groups in total. The number of hydrogen-bond acceptors (Lipinski definition) is 8. The Morgan fingerprint density at radius 1 is 1.11 bits per heavy atom. The fourth-order valence-corrected chi connectivity index (χ4v) is 5.28. The van der Waals surface area contributed by atoms with Gasteiger partial charge in [0, 0.05) is 16.5 Å². The second kappa shape index (κ2) is 11.1. The van der Waals surface area contributed by atoms with Crippen LogP contribution in [0.2, 0.25) is 0 Å². The molecule has 1 aliphatic rings. The lowest BCUT2D eigenvalue weighted by molar-refractivity contribution is -0.112. The number of thiophene rings is 1. The van der Waals surface area contributed by atoms with Gasteiger partial charge in [0.1, 0.15) is 28.2 Å². The Morgan fingerprint density at radius 3 is 2.56 bits per heavy atom. The molecule has 2 heterocycles. The van der Waals surface area contributed by atoms with Crippen LogP contribution in [0, 0.1) is 11.3 Å². The van der Waals surface area contributed by atoms with E-state index in [1.54, 1.807) is 43.3 Å². The van der Waals surface area contributed by atoms with Crippen LogP contribution in [0.15, 0.2) is 46.4 Å². The lowest BCUT2D eigenvalue weighted by Crippen LogP contribution is -2.16. The minimum absolute atomic E-state index is 0.168. The third-order valence-electron chi connectivity index (χ3n) is 5.75. The molecule has 0 aliphatic heterocycles. The summed E-state index contributed by atoms with van der Waals surface area (Å²) >= 11 is 1.36. The topological polar surface area (TPSA) is 119 Å². The first-order valence-corrected chi connectivity index (χ1v) is 12.3. The van der Waals surface area contributed by atoms with Crippen molar-refractivity contribution >= 4 is 40.3 Å². The molecule has 1 aromatic carbocycles. The van der Waals surface area contributed by atoms with Gasteiger partial charge < -0.3 is 19.2 Å². The molecule has 0 saturated carbocycles. The van der Waals surface area contributed by atoms with Crippen LogP contribution in [-0.4, -0.2) is 31.6 Å². The van der Waals surface area contributed by atoms with Crippen molar-refractivity contribution < 1.29 is 28.3 Å². The van der Waals surface area contributed by atoms with Gasteiger partial charge in [-0.3, -0.25) is 4.79 Å². The molecule has 1 aliphatic carbocycles. The second-order valence-corrected chi connectivity index (χ2v) is 9.14. The number of rotatable bonds is 7. The molecule has 0 bridgehead atoms. The van der Waals surface area contributed by atoms with Crippen LogP contribution in [-0.2, 0) is 27.1 Å². The molecular weight excluding hydrogens is 480 g/mol. The van der Waals surface area contributed by atoms with E-state index in [-0.39, 0.29) is 12.2 Å². The number of carbonyl (C=O) groups is 3. The van der Waals surface area contributed by atoms with E-state index >= 15 is 0 Å². The number of amides is 1. The van der Waals surface area contributed by atoms with E-state index in [0.29, 0.717) is 33.2 Å². The van der Waals surface area contributed by atoms with Gasteiger partial charge in [0.15, 0.2) is 0 Å². The van der Waals surface area contributed by atoms with E-state index in [1.807, 2.05) is 6.07 Å². The van der Waals surface area contributed by atoms with Crippen molar-refractivity contribution in [3.63, 3.8) is 0 Å². The van der Waals surface area contributed by atoms with Crippen LogP contribution in [0.5, 0.6) is 0 Å². The van der Waals surface area contributed by atoms with Crippen LogP contribution >= 0.6 is 11.3 Å². The highest BCUT2D eigenvalue weighted by Crippen LogP contribution is 2.39. The SMILES string of the molecule is CCOC(=O)c1c(NC(=O)C(C#N)=Cc2ccc(-c3ccc(C(=O)OC)cc3)o2)sc2c1CCCC2. The van der Waals surface area contributed by atoms with Gasteiger partial charge in [-0.1, -0.05) is 12.1 Å². The lowest BCUT2D eigenvalue weighted by atomic mass is 9.95. The van der Waals surface area contributed by atoms with Crippen LogP contribution < -0.4 is 5.32 Å². The largest absolute Gasteiger partial charge is 0.465 e. The Kier molecular flexibility index (Phi) is 7.66. The van der Waals surface area contributed by atoms with Gasteiger partial charge in [-0.25, -0.2) is 9.59 Å². The van der Waals surface area contributed by atoms with Gasteiger partial charge >= 0.3 is 11.9 Å². The molecule has 0 atom stereocenters. The highest BCUT2D eigenvalue weighted by Gasteiger charge is 2.28. The summed E-state index contributed by atoms with van der Waals surface area (Å²) < 4.78 is 15.7. The summed E-state index contributed by atoms with van der Waals surface area (Å²) in [4.78, 5) is 38.3. The zero-order chi connectivity index (χ0) is 25.7. The van der Waals surface area contributed by atoms with Crippen molar-refractivity contribution in [3.8, 4) is 17.4 Å². The number of hydrogen-bond donors (Lipinski definition) is 1. The highest BCUT2D eigenvalue weighted by atomic mass is 32.1. The van der Waals surface area contributed by atoms with Crippen LogP contribution in [0.3, 0.4) is 0 Å². The standard InChI is InChI=1S/C27H24N2O6S/c1-3-34-27(32)23-20-6-4-5-7-22(20)36-25(23)29-24(30)18(15-28)14-19-12-13-21(35-19)16-8-10-17(11-9-16)26(31)33-2/h8-14H,3-7H2,1-2H3,(H,29,30). The fraction of sp³-hybridized carbons (Fsp3) is 0.259. The first-order chi connectivity index (χ1) is 17.4. The summed E-state index contributed by atoms with van der Waals surface area (Å²) in [5.41, 5.74) is 2.27. The molecule has 184 valence electrons. The summed E-state index contributed by atoms with van der Waals surface area (Å²) in [6.45, 7) is 1.96. The predicted octanol–water partition coefficient (Wildman–Crippen LogP) is 5.40. The maximum absolute atomic E-state index is 13.0. The quantitative estimate of drug-likeness (QED) is 0.260. The van der Waals surface area contributed by atoms with Crippen molar-refractivity contribution in [1.29, 1.82) is 5.26 Å². The predicted molar refractivity (Wildman–Crippen MR) is 135 cm³/mol. The normalized spacial score (nSPS) is 12.9. The summed E-state index contributed by atoms with van der Waals surface area (Å²) in [5, 5.41) is 12.8. The lowest BCUT2D eigenvalue weighted by Gasteiger charge is -2.12. The molecular formula is C27H24N2O6S. The summed E-state index contributed by atoms with van der Waals surface area (Å²) in [7, 11) is 1.31. The van der Waals surface area contributed by atoms with E-state index < -0.39 is 17.8 Å². The van der Waals surface area contributed by atoms with Gasteiger partial charge in [-0.15, -0.1) is 11.3 Å². The molecule has 0 unspecified atom stereocenters. The summed E-state index contributed by atoms with van der Waals surface area (Å²) in [5.74, 6) is -0.728. The van der Waals surface area contributed by atoms with Crippen molar-refractivity contribution in [3.05, 3.63) is 69.3 Å². The van der Waals surface area contributed by atoms with E-state index in [4.69, 9.17) is 13.9 Å². The van der Waals surface area contributed by atoms with Crippen molar-refractivity contribution in [2.75, 3.05) is 19.0 Å². The van der Waals surface area contributed by atoms with Crippen molar-refractivity contribution in [2.45, 2.75) is 32.6 Å². The van der Waals surface area contributed by atoms with Crippen molar-refractivity contribution in [1.82, 2.24) is 0 Å². The number of carbonyl (C=O) groups excluding carboxylic acids is 3. The monoisotopic (exact) mass is 504 g/mol. The molecule has 0 saturated heterocycles. The molecule has 3 aromatic rings. The molecule has 8 nitrogen and oxygen atoms in total. The molecule has 0 spiro atoms. The average Bonchev–Trinajstić information content (AvgIpc) is 3.51. The third-order valence-corrected chi connectivity index (χ3v) is 6.95. The minimum atomic E-state index is -0.637. The van der Waals surface area contributed by atoms with Gasteiger partial charge in [-0.05, 0) is 62.4 Å². The zero-order valence-electron chi connectivity index (χ0n) is 19.9. The fourth-order valence-electron chi connectivity index (χ4n) is 4.01. The van der Waals surface area contributed by atoms with Crippen LogP contribution in [0.4, 0.5) is 5.00 Å². The first kappa shape index (κ1) is 24.9. The maximum atomic E-state index is 13.0. The highest BCUT2D eigenvalue weighted by molar-refractivity contribution is 7.17. The number of benzene rings is 1. The number of furan rings is 1. The van der Waals surface area contributed by atoms with Gasteiger partial charge in [0.25, 0.3) is 5.91 Å². The third kappa shape index (κ3) is 5.24. The smallest absolute Gasteiger partial charge is 0.341 e. The molecule has 4 rings (SSSR count). The summed E-state index contributed by atoms with van der Waals surface area (Å²) in [6.07, 6.45) is 4.95. The average molecular weight is 505 g/mol. The molecule has 9 heteroatoms. The number of aryl methyl sites for hydroxylation is 1. The maximum Gasteiger partial charge on any atom is 0.341 e. The van der Waals surface area contributed by atoms with Gasteiger partial charge in [0.2, 0.25) is 0 Å². The van der Waals surface area contributed by atoms with Gasteiger partial charge in [0.05, 0.1) is 24.8 Å². The number of nitrogens with zero attached hydrogens (tertiary/aromatic N) is 1. The number of nitriles is 1. The molecule has 0 radical (unpaired) electrons. The van der Waals surface area contributed by atoms with E-state index in [1.165, 1.54) is 24.5 Å². The number of ether oxygens (including phenoxy) is 2.